The van der Waals surface area contributed by atoms with Gasteiger partial charge in [-0.25, -0.2) is 0 Å². The Morgan fingerprint density at radius 3 is 2.71 bits per heavy atom. The average molecular weight is 422 g/mol. The molecule has 1 N–H and O–H groups in total. The zero-order chi connectivity index (χ0) is 21.6. The van der Waals surface area contributed by atoms with Crippen molar-refractivity contribution in [2.45, 2.75) is 52.0 Å². The largest absolute Gasteiger partial charge is 0.355 e. The third-order valence-corrected chi connectivity index (χ3v) is 6.83. The second kappa shape index (κ2) is 10.2. The number of aromatic nitrogens is 2. The lowest BCUT2D eigenvalue weighted by atomic mass is 9.97. The Bertz CT molecular complexity index is 868. The fraction of sp³-hybridized carbons (Fsp3) is 0.560. The lowest BCUT2D eigenvalue weighted by Crippen LogP contribution is -2.46. The monoisotopic (exact) mass is 421 g/mol. The van der Waals surface area contributed by atoms with Crippen LogP contribution in [0.15, 0.2) is 36.4 Å². The lowest BCUT2D eigenvalue weighted by molar-refractivity contribution is -0.125. The van der Waals surface area contributed by atoms with Gasteiger partial charge in [-0.1, -0.05) is 30.7 Å². The van der Waals surface area contributed by atoms with Gasteiger partial charge in [-0.3, -0.25) is 9.69 Å². The fourth-order valence-corrected chi connectivity index (χ4v) is 4.85. The van der Waals surface area contributed by atoms with E-state index in [4.69, 9.17) is 0 Å². The second-order valence-corrected chi connectivity index (χ2v) is 9.05. The summed E-state index contributed by atoms with van der Waals surface area (Å²) in [6, 6.07) is 12.9. The predicted octanol–water partition coefficient (Wildman–Crippen LogP) is 3.66. The molecule has 4 rings (SSSR count). The van der Waals surface area contributed by atoms with Crippen LogP contribution < -0.4 is 10.2 Å². The molecule has 31 heavy (non-hydrogen) atoms. The van der Waals surface area contributed by atoms with E-state index in [0.717, 1.165) is 56.1 Å². The van der Waals surface area contributed by atoms with Gasteiger partial charge in [0, 0.05) is 37.8 Å². The molecule has 2 fully saturated rings. The smallest absolute Gasteiger partial charge is 0.224 e. The van der Waals surface area contributed by atoms with Crippen LogP contribution in [0.25, 0.3) is 11.3 Å². The zero-order valence-corrected chi connectivity index (χ0v) is 18.9. The molecule has 6 nitrogen and oxygen atoms in total. The minimum absolute atomic E-state index is 0.0189. The topological polar surface area (TPSA) is 61.4 Å². The summed E-state index contributed by atoms with van der Waals surface area (Å²) in [7, 11) is 0. The van der Waals surface area contributed by atoms with Crippen molar-refractivity contribution in [3.63, 3.8) is 0 Å². The summed E-state index contributed by atoms with van der Waals surface area (Å²) in [5.41, 5.74) is 3.19. The summed E-state index contributed by atoms with van der Waals surface area (Å²) in [5, 5.41) is 12.1. The highest BCUT2D eigenvalue weighted by atomic mass is 16.1. The van der Waals surface area contributed by atoms with Crippen molar-refractivity contribution in [3.8, 4) is 11.3 Å². The highest BCUT2D eigenvalue weighted by molar-refractivity contribution is 5.79. The van der Waals surface area contributed by atoms with Gasteiger partial charge >= 0.3 is 0 Å². The molecule has 0 saturated carbocycles. The number of likely N-dealkylation sites (tertiary alicyclic amines) is 1. The van der Waals surface area contributed by atoms with Gasteiger partial charge in [0.05, 0.1) is 11.6 Å². The minimum atomic E-state index is 0.0189. The van der Waals surface area contributed by atoms with Crippen LogP contribution in [-0.2, 0) is 4.79 Å². The van der Waals surface area contributed by atoms with Gasteiger partial charge in [-0.2, -0.15) is 0 Å². The average Bonchev–Trinajstić information content (AvgIpc) is 2.81. The molecule has 166 valence electrons. The Hall–Kier alpha value is -2.47. The molecule has 1 aromatic heterocycles. The highest BCUT2D eigenvalue weighted by Gasteiger charge is 2.27. The lowest BCUT2D eigenvalue weighted by Gasteiger charge is -2.34. The molecule has 6 heteroatoms. The van der Waals surface area contributed by atoms with Crippen molar-refractivity contribution >= 4 is 11.7 Å². The maximum Gasteiger partial charge on any atom is 0.224 e. The summed E-state index contributed by atoms with van der Waals surface area (Å²) in [6.45, 7) is 8.87. The molecule has 3 heterocycles. The van der Waals surface area contributed by atoms with Crippen molar-refractivity contribution in [2.24, 2.45) is 5.92 Å². The summed E-state index contributed by atoms with van der Waals surface area (Å²) < 4.78 is 0. The van der Waals surface area contributed by atoms with Crippen molar-refractivity contribution in [1.82, 2.24) is 20.4 Å². The van der Waals surface area contributed by atoms with Crippen LogP contribution in [0.5, 0.6) is 0 Å². The Kier molecular flexibility index (Phi) is 7.17. The first-order valence-electron chi connectivity index (χ1n) is 11.8. The van der Waals surface area contributed by atoms with Crippen LogP contribution in [-0.4, -0.2) is 59.8 Å². The Morgan fingerprint density at radius 1 is 1.06 bits per heavy atom. The summed E-state index contributed by atoms with van der Waals surface area (Å²) in [5.74, 6) is 1.06. The first kappa shape index (κ1) is 21.8. The molecule has 0 bridgehead atoms. The third kappa shape index (κ3) is 5.42. The Balaban J connectivity index is 1.30. The maximum atomic E-state index is 12.8. The predicted molar refractivity (Wildman–Crippen MR) is 125 cm³/mol. The molecule has 2 aliphatic heterocycles. The molecular weight excluding hydrogens is 386 g/mol. The molecular formula is C25H35N5O. The first-order valence-corrected chi connectivity index (χ1v) is 11.8. The van der Waals surface area contributed by atoms with E-state index in [2.05, 4.69) is 51.3 Å². The summed E-state index contributed by atoms with van der Waals surface area (Å²) in [4.78, 5) is 17.5. The van der Waals surface area contributed by atoms with Gasteiger partial charge < -0.3 is 10.2 Å². The van der Waals surface area contributed by atoms with Gasteiger partial charge in [-0.15, -0.1) is 10.2 Å². The highest BCUT2D eigenvalue weighted by Crippen LogP contribution is 2.25. The van der Waals surface area contributed by atoms with Crippen LogP contribution in [0.4, 0.5) is 5.82 Å². The second-order valence-electron chi connectivity index (χ2n) is 9.05. The fourth-order valence-electron chi connectivity index (χ4n) is 4.85. The minimum Gasteiger partial charge on any atom is -0.355 e. The molecule has 0 unspecified atom stereocenters. The molecule has 2 aliphatic rings. The Labute approximate surface area is 186 Å². The van der Waals surface area contributed by atoms with E-state index in [1.807, 2.05) is 24.3 Å². The van der Waals surface area contributed by atoms with Crippen molar-refractivity contribution in [1.29, 1.82) is 0 Å². The number of benzene rings is 1. The van der Waals surface area contributed by atoms with Crippen LogP contribution >= 0.6 is 0 Å². The van der Waals surface area contributed by atoms with E-state index in [1.54, 1.807) is 0 Å². The summed E-state index contributed by atoms with van der Waals surface area (Å²) >= 11 is 0. The molecule has 0 radical (unpaired) electrons. The van der Waals surface area contributed by atoms with E-state index in [1.165, 1.54) is 24.8 Å². The van der Waals surface area contributed by atoms with Crippen LogP contribution in [0.2, 0.25) is 0 Å². The number of carbonyl (C=O) groups is 1. The van der Waals surface area contributed by atoms with E-state index in [9.17, 15) is 4.79 Å². The van der Waals surface area contributed by atoms with Crippen LogP contribution in [0, 0.1) is 12.8 Å². The standard InChI is InChI=1S/C25H35N5O/c1-19-8-3-4-11-22(19)23-12-13-24(28-27-23)30-16-7-10-21(18-30)25(31)26-14-17-29-15-6-5-9-20(29)2/h3-4,8,11-13,20-21H,5-7,9-10,14-18H2,1-2H3,(H,26,31)/t20-,21+/m0/s1. The van der Waals surface area contributed by atoms with E-state index in [0.29, 0.717) is 12.6 Å². The van der Waals surface area contributed by atoms with E-state index in [-0.39, 0.29) is 11.8 Å². The molecule has 1 amide bonds. The molecule has 2 aromatic rings. The van der Waals surface area contributed by atoms with Crippen molar-refractivity contribution in [3.05, 3.63) is 42.0 Å². The molecule has 2 saturated heterocycles. The van der Waals surface area contributed by atoms with Crippen LogP contribution in [0.1, 0.15) is 44.6 Å². The van der Waals surface area contributed by atoms with Gasteiger partial charge in [0.2, 0.25) is 5.91 Å². The van der Waals surface area contributed by atoms with E-state index >= 15 is 0 Å². The molecule has 0 spiro atoms. The number of rotatable bonds is 6. The van der Waals surface area contributed by atoms with Crippen LogP contribution in [0.3, 0.4) is 0 Å². The van der Waals surface area contributed by atoms with Gasteiger partial charge in [0.1, 0.15) is 0 Å². The van der Waals surface area contributed by atoms with Gasteiger partial charge in [-0.05, 0) is 63.8 Å². The zero-order valence-electron chi connectivity index (χ0n) is 18.9. The SMILES string of the molecule is Cc1ccccc1-c1ccc(N2CCC[C@@H](C(=O)NCCN3CCCC[C@@H]3C)C2)nn1. The number of amides is 1. The number of piperidine rings is 2. The van der Waals surface area contributed by atoms with E-state index < -0.39 is 0 Å². The van der Waals surface area contributed by atoms with Crippen molar-refractivity contribution in [2.75, 3.05) is 37.6 Å². The normalized spacial score (nSPS) is 22.3. The third-order valence-electron chi connectivity index (χ3n) is 6.83. The maximum absolute atomic E-state index is 12.8. The molecule has 0 aliphatic carbocycles. The molecule has 2 atom stereocenters. The quantitative estimate of drug-likeness (QED) is 0.771. The Morgan fingerprint density at radius 2 is 1.94 bits per heavy atom. The number of nitrogens with zero attached hydrogens (tertiary/aromatic N) is 4. The number of hydrogen-bond donors (Lipinski definition) is 1. The number of carbonyl (C=O) groups excluding carboxylic acids is 1. The number of aryl methyl sites for hydroxylation is 1. The van der Waals surface area contributed by atoms with Gasteiger partial charge in [0.15, 0.2) is 5.82 Å². The number of hydrogen-bond acceptors (Lipinski definition) is 5. The van der Waals surface area contributed by atoms with Crippen molar-refractivity contribution < 1.29 is 4.79 Å². The van der Waals surface area contributed by atoms with Gasteiger partial charge in [0.25, 0.3) is 0 Å². The molecule has 1 aromatic carbocycles. The number of nitrogens with one attached hydrogen (secondary N) is 1. The number of anilines is 1. The first-order chi connectivity index (χ1) is 15.1. The summed E-state index contributed by atoms with van der Waals surface area (Å²) in [6.07, 6.45) is 5.82.